The van der Waals surface area contributed by atoms with E-state index < -0.39 is 0 Å². The first-order valence-corrected chi connectivity index (χ1v) is 8.07. The van der Waals surface area contributed by atoms with Crippen molar-refractivity contribution in [3.05, 3.63) is 58.4 Å². The number of rotatable bonds is 2. The zero-order valence-corrected chi connectivity index (χ0v) is 14.8. The van der Waals surface area contributed by atoms with E-state index in [1.54, 1.807) is 16.6 Å². The van der Waals surface area contributed by atoms with Gasteiger partial charge >= 0.3 is 0 Å². The van der Waals surface area contributed by atoms with Crippen molar-refractivity contribution in [2.75, 3.05) is 5.32 Å². The van der Waals surface area contributed by atoms with Gasteiger partial charge in [0.2, 0.25) is 0 Å². The third-order valence-corrected chi connectivity index (χ3v) is 4.12. The zero-order chi connectivity index (χ0) is 17.5. The number of carbonyl (C=O) groups is 1. The summed E-state index contributed by atoms with van der Waals surface area (Å²) >= 11 is 5.91. The minimum absolute atomic E-state index is 0.0537. The van der Waals surface area contributed by atoms with E-state index in [-0.39, 0.29) is 11.3 Å². The number of nitrogens with one attached hydrogen (secondary N) is 1. The molecule has 0 radical (unpaired) electrons. The maximum absolute atomic E-state index is 12.5. The van der Waals surface area contributed by atoms with E-state index in [1.165, 1.54) is 5.56 Å². The summed E-state index contributed by atoms with van der Waals surface area (Å²) in [7, 11) is 0. The standard InChI is InChI=1S/C18H19ClN4O/c1-11-16(20-15-10-9-14(19)22-23(11)15)21-17(24)12-5-7-13(8-6-12)18(2,3)4/h5-10H,1-4H3,(H,21,24). The molecule has 5 nitrogen and oxygen atoms in total. The lowest BCUT2D eigenvalue weighted by molar-refractivity contribution is 0.102. The minimum atomic E-state index is -0.201. The van der Waals surface area contributed by atoms with Gasteiger partial charge in [0.05, 0.1) is 5.69 Å². The monoisotopic (exact) mass is 342 g/mol. The molecule has 0 aliphatic carbocycles. The number of aromatic nitrogens is 3. The first-order valence-electron chi connectivity index (χ1n) is 7.69. The Kier molecular flexibility index (Phi) is 4.05. The fourth-order valence-corrected chi connectivity index (χ4v) is 2.58. The van der Waals surface area contributed by atoms with E-state index in [0.29, 0.717) is 22.2 Å². The molecule has 2 aromatic heterocycles. The number of fused-ring (bicyclic) bond motifs is 1. The highest BCUT2D eigenvalue weighted by atomic mass is 35.5. The van der Waals surface area contributed by atoms with Gasteiger partial charge in [0.15, 0.2) is 11.5 Å². The summed E-state index contributed by atoms with van der Waals surface area (Å²) in [5, 5.41) is 7.40. The van der Waals surface area contributed by atoms with Crippen molar-refractivity contribution in [3.8, 4) is 0 Å². The van der Waals surface area contributed by atoms with Gasteiger partial charge in [0, 0.05) is 5.56 Å². The third kappa shape index (κ3) is 3.12. The van der Waals surface area contributed by atoms with Crippen LogP contribution in [0.15, 0.2) is 36.4 Å². The average molecular weight is 343 g/mol. The van der Waals surface area contributed by atoms with Crippen LogP contribution in [0.3, 0.4) is 0 Å². The number of amides is 1. The number of hydrogen-bond acceptors (Lipinski definition) is 3. The van der Waals surface area contributed by atoms with Crippen LogP contribution in [0.5, 0.6) is 0 Å². The zero-order valence-electron chi connectivity index (χ0n) is 14.1. The van der Waals surface area contributed by atoms with E-state index in [0.717, 1.165) is 5.69 Å². The van der Waals surface area contributed by atoms with Crippen molar-refractivity contribution < 1.29 is 4.79 Å². The molecule has 0 aliphatic heterocycles. The van der Waals surface area contributed by atoms with Crippen LogP contribution >= 0.6 is 11.6 Å². The van der Waals surface area contributed by atoms with Gasteiger partial charge in [-0.2, -0.15) is 5.10 Å². The van der Waals surface area contributed by atoms with E-state index >= 15 is 0 Å². The summed E-state index contributed by atoms with van der Waals surface area (Å²) in [4.78, 5) is 16.8. The Morgan fingerprint density at radius 2 is 1.79 bits per heavy atom. The Labute approximate surface area is 145 Å². The van der Waals surface area contributed by atoms with Crippen molar-refractivity contribution in [2.45, 2.75) is 33.1 Å². The molecule has 6 heteroatoms. The molecule has 2 heterocycles. The number of carbonyl (C=O) groups excluding carboxylic acids is 1. The predicted molar refractivity (Wildman–Crippen MR) is 95.8 cm³/mol. The maximum Gasteiger partial charge on any atom is 0.256 e. The Balaban J connectivity index is 1.86. The summed E-state index contributed by atoms with van der Waals surface area (Å²) in [5.74, 6) is 0.280. The van der Waals surface area contributed by atoms with Crippen molar-refractivity contribution >= 4 is 29.0 Å². The van der Waals surface area contributed by atoms with Crippen molar-refractivity contribution in [3.63, 3.8) is 0 Å². The number of halogens is 1. The predicted octanol–water partition coefficient (Wildman–Crippen LogP) is 4.24. The number of benzene rings is 1. The van der Waals surface area contributed by atoms with Gasteiger partial charge in [-0.1, -0.05) is 44.5 Å². The Bertz CT molecular complexity index is 907. The molecule has 24 heavy (non-hydrogen) atoms. The highest BCUT2D eigenvalue weighted by molar-refractivity contribution is 6.29. The lowest BCUT2D eigenvalue weighted by Gasteiger charge is -2.19. The Morgan fingerprint density at radius 1 is 1.12 bits per heavy atom. The van der Waals surface area contributed by atoms with Crippen LogP contribution in [0.2, 0.25) is 5.15 Å². The second-order valence-electron chi connectivity index (χ2n) is 6.75. The molecule has 0 saturated heterocycles. The molecule has 1 amide bonds. The lowest BCUT2D eigenvalue weighted by atomic mass is 9.87. The Morgan fingerprint density at radius 3 is 2.42 bits per heavy atom. The number of imidazole rings is 1. The van der Waals surface area contributed by atoms with Crippen LogP contribution in [0, 0.1) is 6.92 Å². The average Bonchev–Trinajstić information content (AvgIpc) is 2.83. The fourth-order valence-electron chi connectivity index (χ4n) is 2.44. The highest BCUT2D eigenvalue weighted by Gasteiger charge is 2.16. The molecule has 3 aromatic rings. The summed E-state index contributed by atoms with van der Waals surface area (Å²) < 4.78 is 1.61. The normalized spacial score (nSPS) is 11.7. The van der Waals surface area contributed by atoms with Crippen LogP contribution < -0.4 is 5.32 Å². The minimum Gasteiger partial charge on any atom is -0.305 e. The van der Waals surface area contributed by atoms with E-state index in [9.17, 15) is 4.79 Å². The van der Waals surface area contributed by atoms with Gasteiger partial charge in [-0.3, -0.25) is 4.79 Å². The van der Waals surface area contributed by atoms with Crippen LogP contribution in [0.4, 0.5) is 5.82 Å². The molecule has 0 bridgehead atoms. The second-order valence-corrected chi connectivity index (χ2v) is 7.14. The van der Waals surface area contributed by atoms with Crippen LogP contribution in [0.1, 0.15) is 42.4 Å². The van der Waals surface area contributed by atoms with Gasteiger partial charge in [-0.05, 0) is 42.2 Å². The van der Waals surface area contributed by atoms with Crippen molar-refractivity contribution in [1.82, 2.24) is 14.6 Å². The Hall–Kier alpha value is -2.40. The van der Waals surface area contributed by atoms with Crippen LogP contribution in [-0.2, 0) is 5.41 Å². The molecule has 124 valence electrons. The summed E-state index contributed by atoms with van der Waals surface area (Å²) in [6.45, 7) is 8.25. The van der Waals surface area contributed by atoms with Gasteiger partial charge in [-0.25, -0.2) is 9.50 Å². The number of anilines is 1. The molecule has 0 fully saturated rings. The molecule has 0 aliphatic rings. The van der Waals surface area contributed by atoms with E-state index in [4.69, 9.17) is 11.6 Å². The van der Waals surface area contributed by atoms with Gasteiger partial charge in [-0.15, -0.1) is 0 Å². The summed E-state index contributed by atoms with van der Waals surface area (Å²) in [6.07, 6.45) is 0. The fraction of sp³-hybridized carbons (Fsp3) is 0.278. The SMILES string of the molecule is Cc1c(NC(=O)c2ccc(C(C)(C)C)cc2)nc2ccc(Cl)nn12. The second kappa shape index (κ2) is 5.91. The largest absolute Gasteiger partial charge is 0.305 e. The molecule has 0 unspecified atom stereocenters. The van der Waals surface area contributed by atoms with E-state index in [2.05, 4.69) is 36.2 Å². The molecule has 1 aromatic carbocycles. The van der Waals surface area contributed by atoms with Crippen LogP contribution in [0.25, 0.3) is 5.65 Å². The highest BCUT2D eigenvalue weighted by Crippen LogP contribution is 2.23. The quantitative estimate of drug-likeness (QED) is 0.757. The maximum atomic E-state index is 12.5. The lowest BCUT2D eigenvalue weighted by Crippen LogP contribution is -2.15. The summed E-state index contributed by atoms with van der Waals surface area (Å²) in [5.41, 5.74) is 3.19. The number of hydrogen-bond donors (Lipinski definition) is 1. The van der Waals surface area contributed by atoms with Gasteiger partial charge < -0.3 is 5.32 Å². The smallest absolute Gasteiger partial charge is 0.256 e. The van der Waals surface area contributed by atoms with Gasteiger partial charge in [0.25, 0.3) is 5.91 Å². The first-order chi connectivity index (χ1) is 11.3. The van der Waals surface area contributed by atoms with Crippen molar-refractivity contribution in [1.29, 1.82) is 0 Å². The van der Waals surface area contributed by atoms with Crippen molar-refractivity contribution in [2.24, 2.45) is 0 Å². The number of aryl methyl sites for hydroxylation is 1. The molecule has 3 rings (SSSR count). The molecular formula is C18H19ClN4O. The molecule has 1 N–H and O–H groups in total. The topological polar surface area (TPSA) is 59.3 Å². The molecule has 0 saturated carbocycles. The molecular weight excluding hydrogens is 324 g/mol. The number of nitrogens with zero attached hydrogens (tertiary/aromatic N) is 3. The van der Waals surface area contributed by atoms with Crippen LogP contribution in [-0.4, -0.2) is 20.5 Å². The third-order valence-electron chi connectivity index (χ3n) is 3.91. The van der Waals surface area contributed by atoms with E-state index in [1.807, 2.05) is 31.2 Å². The summed E-state index contributed by atoms with van der Waals surface area (Å²) in [6, 6.07) is 11.0. The molecule has 0 atom stereocenters. The van der Waals surface area contributed by atoms with Gasteiger partial charge in [0.1, 0.15) is 5.15 Å². The first kappa shape index (κ1) is 16.5. The molecule has 0 spiro atoms.